The molecule has 2 atom stereocenters. The van der Waals surface area contributed by atoms with Crippen LogP contribution in [0.1, 0.15) is 32.3 Å². The number of rotatable bonds is 4. The maximum atomic E-state index is 13.2. The Morgan fingerprint density at radius 2 is 1.71 bits per heavy atom. The summed E-state index contributed by atoms with van der Waals surface area (Å²) in [5.74, 6) is 0.740. The molecule has 2 fully saturated rings. The number of hydrogen-bond acceptors (Lipinski definition) is 5. The normalized spacial score (nSPS) is 22.2. The number of nitrogens with zero attached hydrogens (tertiary/aromatic N) is 5. The molecule has 3 aromatic rings. The van der Waals surface area contributed by atoms with Gasteiger partial charge in [-0.25, -0.2) is 14.8 Å². The molecule has 2 saturated heterocycles. The first-order valence-electron chi connectivity index (χ1n) is 12.4. The molecule has 5 rings (SSSR count). The van der Waals surface area contributed by atoms with Gasteiger partial charge >= 0.3 is 6.03 Å². The van der Waals surface area contributed by atoms with Gasteiger partial charge in [0.05, 0.1) is 5.52 Å². The summed E-state index contributed by atoms with van der Waals surface area (Å²) in [6.07, 6.45) is 3.87. The van der Waals surface area contributed by atoms with Crippen molar-refractivity contribution in [2.45, 2.75) is 51.4 Å². The fourth-order valence-corrected chi connectivity index (χ4v) is 5.12. The second-order valence-electron chi connectivity index (χ2n) is 9.72. The number of amides is 2. The van der Waals surface area contributed by atoms with Crippen LogP contribution >= 0.6 is 0 Å². The van der Waals surface area contributed by atoms with E-state index < -0.39 is 0 Å². The fraction of sp³-hybridized carbons (Fsp3) is 0.444. The first kappa shape index (κ1) is 22.6. The maximum Gasteiger partial charge on any atom is 0.317 e. The number of benzene rings is 2. The van der Waals surface area contributed by atoms with Crippen LogP contribution in [0, 0.1) is 0 Å². The minimum atomic E-state index is 0.0555. The lowest BCUT2D eigenvalue weighted by atomic mass is 10.0. The number of fused-ring (bicyclic) bond motifs is 1. The highest BCUT2D eigenvalue weighted by molar-refractivity contribution is 5.78. The molecule has 0 radical (unpaired) electrons. The molecule has 1 N–H and O–H groups in total. The van der Waals surface area contributed by atoms with Crippen molar-refractivity contribution in [1.29, 1.82) is 0 Å². The molecule has 34 heavy (non-hydrogen) atoms. The smallest absolute Gasteiger partial charge is 0.317 e. The summed E-state index contributed by atoms with van der Waals surface area (Å²) >= 11 is 0. The molecular formula is C27H34N6O. The molecule has 2 aliphatic heterocycles. The number of carbonyl (C=O) groups is 1. The molecular weight excluding hydrogens is 424 g/mol. The molecule has 0 bridgehead atoms. The fourth-order valence-electron chi connectivity index (χ4n) is 5.12. The lowest BCUT2D eigenvalue weighted by Crippen LogP contribution is -2.61. The predicted octanol–water partition coefficient (Wildman–Crippen LogP) is 3.90. The van der Waals surface area contributed by atoms with Crippen LogP contribution < -0.4 is 10.2 Å². The van der Waals surface area contributed by atoms with E-state index >= 15 is 0 Å². The molecule has 0 saturated carbocycles. The van der Waals surface area contributed by atoms with Gasteiger partial charge in [0.1, 0.15) is 0 Å². The Morgan fingerprint density at radius 3 is 2.50 bits per heavy atom. The van der Waals surface area contributed by atoms with Crippen LogP contribution in [0.3, 0.4) is 0 Å². The van der Waals surface area contributed by atoms with E-state index in [1.165, 1.54) is 5.56 Å². The molecule has 7 nitrogen and oxygen atoms in total. The van der Waals surface area contributed by atoms with E-state index in [1.54, 1.807) is 0 Å². The summed E-state index contributed by atoms with van der Waals surface area (Å²) in [5.41, 5.74) is 2.30. The molecule has 7 heteroatoms. The van der Waals surface area contributed by atoms with Crippen molar-refractivity contribution >= 4 is 22.9 Å². The third-order valence-electron chi connectivity index (χ3n) is 7.14. The van der Waals surface area contributed by atoms with Crippen molar-refractivity contribution in [2.24, 2.45) is 0 Å². The zero-order valence-electron chi connectivity index (χ0n) is 20.1. The first-order valence-corrected chi connectivity index (χ1v) is 12.4. The number of anilines is 1. The van der Waals surface area contributed by atoms with Crippen LogP contribution in [0.4, 0.5) is 10.7 Å². The Hall–Kier alpha value is -3.19. The number of carbonyl (C=O) groups excluding carboxylic acids is 1. The number of para-hydroxylation sites is 1. The highest BCUT2D eigenvalue weighted by atomic mass is 16.2. The van der Waals surface area contributed by atoms with E-state index in [-0.39, 0.29) is 24.2 Å². The second kappa shape index (κ2) is 9.97. The van der Waals surface area contributed by atoms with Gasteiger partial charge in [-0.1, -0.05) is 48.5 Å². The van der Waals surface area contributed by atoms with Crippen molar-refractivity contribution < 1.29 is 4.79 Å². The van der Waals surface area contributed by atoms with E-state index in [9.17, 15) is 4.79 Å². The van der Waals surface area contributed by atoms with Crippen LogP contribution in [0.25, 0.3) is 10.9 Å². The topological polar surface area (TPSA) is 64.6 Å². The quantitative estimate of drug-likeness (QED) is 0.642. The standard InChI is InChI=1S/C27H34N6O/c1-20-18-33(21(2)17-32(20)26-28-16-23-10-6-7-11-25(23)30-26)27(34)29-24-12-14-31(15-13-24)19-22-8-4-3-5-9-22/h3-11,16,20-21,24H,12-15,17-19H2,1-2H3,(H,29,34)/t20-,21+/m0/s1. The van der Waals surface area contributed by atoms with Crippen molar-refractivity contribution in [1.82, 2.24) is 25.1 Å². The van der Waals surface area contributed by atoms with Gasteiger partial charge in [0.25, 0.3) is 0 Å². The average Bonchev–Trinajstić information content (AvgIpc) is 2.86. The third-order valence-corrected chi connectivity index (χ3v) is 7.14. The lowest BCUT2D eigenvalue weighted by molar-refractivity contribution is 0.145. The van der Waals surface area contributed by atoms with Crippen molar-refractivity contribution in [2.75, 3.05) is 31.1 Å². The van der Waals surface area contributed by atoms with Gasteiger partial charge in [-0.2, -0.15) is 0 Å². The Kier molecular flexibility index (Phi) is 6.63. The summed E-state index contributed by atoms with van der Waals surface area (Å²) < 4.78 is 0. The number of likely N-dealkylation sites (tertiary alicyclic amines) is 1. The van der Waals surface area contributed by atoms with E-state index in [1.807, 2.05) is 35.4 Å². The number of aromatic nitrogens is 2. The van der Waals surface area contributed by atoms with Crippen molar-refractivity contribution in [3.63, 3.8) is 0 Å². The van der Waals surface area contributed by atoms with E-state index in [4.69, 9.17) is 4.98 Å². The monoisotopic (exact) mass is 458 g/mol. The molecule has 2 aliphatic rings. The number of nitrogens with one attached hydrogen (secondary N) is 1. The summed E-state index contributed by atoms with van der Waals surface area (Å²) in [7, 11) is 0. The Balaban J connectivity index is 1.15. The maximum absolute atomic E-state index is 13.2. The summed E-state index contributed by atoms with van der Waals surface area (Å²) in [5, 5.41) is 4.35. The minimum Gasteiger partial charge on any atom is -0.335 e. The zero-order valence-corrected chi connectivity index (χ0v) is 20.1. The molecule has 0 spiro atoms. The number of hydrogen-bond donors (Lipinski definition) is 1. The highest BCUT2D eigenvalue weighted by Gasteiger charge is 2.34. The summed E-state index contributed by atoms with van der Waals surface area (Å²) in [6.45, 7) is 8.65. The van der Waals surface area contributed by atoms with Gasteiger partial charge in [0.15, 0.2) is 0 Å². The summed E-state index contributed by atoms with van der Waals surface area (Å²) in [4.78, 5) is 29.2. The van der Waals surface area contributed by atoms with Crippen molar-refractivity contribution in [3.8, 4) is 0 Å². The van der Waals surface area contributed by atoms with Crippen molar-refractivity contribution in [3.05, 3.63) is 66.4 Å². The molecule has 2 aromatic carbocycles. The SMILES string of the molecule is C[C@@H]1CN(c2ncc3ccccc3n2)[C@@H](C)CN1C(=O)NC1CCN(Cc2ccccc2)CC1. The van der Waals surface area contributed by atoms with E-state index in [2.05, 4.69) is 64.3 Å². The number of piperidine rings is 1. The van der Waals surface area contributed by atoms with E-state index in [0.29, 0.717) is 6.54 Å². The van der Waals surface area contributed by atoms with Crippen LogP contribution in [-0.4, -0.2) is 70.1 Å². The second-order valence-corrected chi connectivity index (χ2v) is 9.72. The first-order chi connectivity index (χ1) is 16.6. The van der Waals surface area contributed by atoms with Gasteiger partial charge in [-0.05, 0) is 38.3 Å². The van der Waals surface area contributed by atoms with Gasteiger partial charge in [-0.3, -0.25) is 4.90 Å². The number of urea groups is 1. The Bertz CT molecular complexity index is 1110. The van der Waals surface area contributed by atoms with Gasteiger partial charge in [-0.15, -0.1) is 0 Å². The predicted molar refractivity (Wildman–Crippen MR) is 136 cm³/mol. The van der Waals surface area contributed by atoms with Crippen LogP contribution in [0.15, 0.2) is 60.8 Å². The summed E-state index contributed by atoms with van der Waals surface area (Å²) in [6, 6.07) is 19.2. The van der Waals surface area contributed by atoms with Gasteiger partial charge in [0, 0.05) is 62.4 Å². The largest absolute Gasteiger partial charge is 0.335 e. The van der Waals surface area contributed by atoms with Gasteiger partial charge in [0.2, 0.25) is 5.95 Å². The Labute approximate surface area is 201 Å². The average molecular weight is 459 g/mol. The molecule has 2 amide bonds. The minimum absolute atomic E-state index is 0.0555. The molecule has 0 aliphatic carbocycles. The third kappa shape index (κ3) is 4.99. The molecule has 3 heterocycles. The van der Waals surface area contributed by atoms with Crippen LogP contribution in [0.2, 0.25) is 0 Å². The van der Waals surface area contributed by atoms with E-state index in [0.717, 1.165) is 55.9 Å². The van der Waals surface area contributed by atoms with Crippen LogP contribution in [-0.2, 0) is 6.54 Å². The zero-order chi connectivity index (χ0) is 23.5. The van der Waals surface area contributed by atoms with Gasteiger partial charge < -0.3 is 15.1 Å². The lowest BCUT2D eigenvalue weighted by Gasteiger charge is -2.44. The van der Waals surface area contributed by atoms with Crippen LogP contribution in [0.5, 0.6) is 0 Å². The highest BCUT2D eigenvalue weighted by Crippen LogP contribution is 2.23. The molecule has 1 aromatic heterocycles. The molecule has 178 valence electrons. The Morgan fingerprint density at radius 1 is 0.971 bits per heavy atom. The molecule has 0 unspecified atom stereocenters. The number of piperazine rings is 1.